The maximum Gasteiger partial charge on any atom is 0.262 e. The monoisotopic (exact) mass is 338 g/mol. The van der Waals surface area contributed by atoms with Gasteiger partial charge in [-0.15, -0.1) is 0 Å². The van der Waals surface area contributed by atoms with Crippen LogP contribution in [0, 0.1) is 19.7 Å². The Morgan fingerprint density at radius 1 is 1.00 bits per heavy atom. The zero-order valence-corrected chi connectivity index (χ0v) is 14.1. The molecule has 1 heterocycles. The van der Waals surface area contributed by atoms with Gasteiger partial charge in [0.2, 0.25) is 0 Å². The number of hydrogen-bond acceptors (Lipinski definition) is 2. The number of nitrogens with one attached hydrogen (secondary N) is 1. The van der Waals surface area contributed by atoms with Crippen molar-refractivity contribution in [2.75, 3.05) is 11.9 Å². The van der Waals surface area contributed by atoms with E-state index in [1.807, 2.05) is 38.1 Å². The van der Waals surface area contributed by atoms with Gasteiger partial charge >= 0.3 is 0 Å². The second kappa shape index (κ2) is 7.21. The van der Waals surface area contributed by atoms with Crippen LogP contribution in [0.5, 0.6) is 5.75 Å². The number of carbonyl (C=O) groups excluding carboxylic acids is 1. The molecule has 0 aliphatic carbocycles. The summed E-state index contributed by atoms with van der Waals surface area (Å²) in [4.78, 5) is 12.0. The molecular formula is C20H19FN2O2. The summed E-state index contributed by atoms with van der Waals surface area (Å²) in [7, 11) is 0. The second-order valence-electron chi connectivity index (χ2n) is 5.77. The first-order valence-corrected chi connectivity index (χ1v) is 7.97. The molecule has 0 aliphatic heterocycles. The van der Waals surface area contributed by atoms with E-state index in [9.17, 15) is 9.18 Å². The fourth-order valence-electron chi connectivity index (χ4n) is 2.67. The zero-order chi connectivity index (χ0) is 17.8. The lowest BCUT2D eigenvalue weighted by molar-refractivity contribution is -0.118. The number of nitrogens with zero attached hydrogens (tertiary/aromatic N) is 1. The third-order valence-corrected chi connectivity index (χ3v) is 3.88. The molecule has 0 aliphatic rings. The van der Waals surface area contributed by atoms with Gasteiger partial charge in [-0.1, -0.05) is 12.1 Å². The summed E-state index contributed by atoms with van der Waals surface area (Å²) in [5.41, 5.74) is 3.98. The molecule has 2 aromatic carbocycles. The van der Waals surface area contributed by atoms with Crippen molar-refractivity contribution in [2.24, 2.45) is 0 Å². The molecule has 0 bridgehead atoms. The van der Waals surface area contributed by atoms with Crippen LogP contribution in [0.4, 0.5) is 10.1 Å². The van der Waals surface area contributed by atoms with Gasteiger partial charge in [0.05, 0.1) is 0 Å². The van der Waals surface area contributed by atoms with Crippen LogP contribution in [-0.2, 0) is 4.79 Å². The topological polar surface area (TPSA) is 43.3 Å². The van der Waals surface area contributed by atoms with Crippen molar-refractivity contribution in [3.05, 3.63) is 77.9 Å². The number of anilines is 1. The molecule has 0 saturated heterocycles. The molecule has 0 fully saturated rings. The van der Waals surface area contributed by atoms with Crippen molar-refractivity contribution in [2.45, 2.75) is 13.8 Å². The highest BCUT2D eigenvalue weighted by molar-refractivity contribution is 5.91. The minimum atomic E-state index is -0.489. The summed E-state index contributed by atoms with van der Waals surface area (Å²) >= 11 is 0. The van der Waals surface area contributed by atoms with E-state index >= 15 is 0 Å². The Labute approximate surface area is 145 Å². The van der Waals surface area contributed by atoms with Crippen LogP contribution in [0.1, 0.15) is 11.4 Å². The molecule has 1 N–H and O–H groups in total. The fourth-order valence-corrected chi connectivity index (χ4v) is 2.67. The summed E-state index contributed by atoms with van der Waals surface area (Å²) in [5.74, 6) is -0.770. The van der Waals surface area contributed by atoms with Gasteiger partial charge < -0.3 is 14.6 Å². The molecule has 0 radical (unpaired) electrons. The number of ether oxygens (including phenoxy) is 1. The van der Waals surface area contributed by atoms with Gasteiger partial charge in [0.15, 0.2) is 18.2 Å². The normalized spacial score (nSPS) is 10.5. The van der Waals surface area contributed by atoms with E-state index < -0.39 is 5.82 Å². The summed E-state index contributed by atoms with van der Waals surface area (Å²) in [6, 6.07) is 17.6. The molecule has 0 unspecified atom stereocenters. The number of aryl methyl sites for hydroxylation is 2. The van der Waals surface area contributed by atoms with Gasteiger partial charge in [-0.3, -0.25) is 4.79 Å². The molecule has 1 aromatic heterocycles. The number of amides is 1. The molecule has 4 nitrogen and oxygen atoms in total. The minimum absolute atomic E-state index is 0.0616. The molecule has 3 aromatic rings. The maximum absolute atomic E-state index is 13.5. The molecule has 0 atom stereocenters. The van der Waals surface area contributed by atoms with Crippen LogP contribution in [0.25, 0.3) is 5.69 Å². The van der Waals surface area contributed by atoms with Crippen LogP contribution < -0.4 is 10.1 Å². The van der Waals surface area contributed by atoms with Crippen molar-refractivity contribution < 1.29 is 13.9 Å². The molecule has 128 valence electrons. The smallest absolute Gasteiger partial charge is 0.262 e. The van der Waals surface area contributed by atoms with Gasteiger partial charge in [0, 0.05) is 22.8 Å². The number of para-hydroxylation sites is 1. The van der Waals surface area contributed by atoms with Crippen LogP contribution in [0.2, 0.25) is 0 Å². The Kier molecular flexibility index (Phi) is 4.84. The third kappa shape index (κ3) is 3.88. The molecule has 0 saturated carbocycles. The van der Waals surface area contributed by atoms with E-state index in [2.05, 4.69) is 22.0 Å². The Hall–Kier alpha value is -3.08. The largest absolute Gasteiger partial charge is 0.481 e. The van der Waals surface area contributed by atoms with Gasteiger partial charge in [-0.2, -0.15) is 0 Å². The zero-order valence-electron chi connectivity index (χ0n) is 14.1. The SMILES string of the molecule is Cc1ccc(C)n1-c1ccc(NC(=O)COc2ccccc2F)cc1. The van der Waals surface area contributed by atoms with Gasteiger partial charge in [0.1, 0.15) is 0 Å². The summed E-state index contributed by atoms with van der Waals surface area (Å²) in [6.45, 7) is 3.84. The Balaban J connectivity index is 1.62. The van der Waals surface area contributed by atoms with Gasteiger partial charge in [0.25, 0.3) is 5.91 Å². The lowest BCUT2D eigenvalue weighted by atomic mass is 10.2. The quantitative estimate of drug-likeness (QED) is 0.756. The lowest BCUT2D eigenvalue weighted by Crippen LogP contribution is -2.20. The van der Waals surface area contributed by atoms with Gasteiger partial charge in [-0.25, -0.2) is 4.39 Å². The number of rotatable bonds is 5. The van der Waals surface area contributed by atoms with Crippen LogP contribution in [0.3, 0.4) is 0 Å². The predicted molar refractivity (Wildman–Crippen MR) is 95.8 cm³/mol. The molecule has 5 heteroatoms. The number of aromatic nitrogens is 1. The van der Waals surface area contributed by atoms with Crippen molar-refractivity contribution in [1.82, 2.24) is 4.57 Å². The Morgan fingerprint density at radius 3 is 2.28 bits per heavy atom. The average molecular weight is 338 g/mol. The first-order valence-electron chi connectivity index (χ1n) is 7.97. The summed E-state index contributed by atoms with van der Waals surface area (Å²) in [6.07, 6.45) is 0. The van der Waals surface area contributed by atoms with Gasteiger partial charge in [-0.05, 0) is 62.4 Å². The van der Waals surface area contributed by atoms with Crippen molar-refractivity contribution >= 4 is 11.6 Å². The number of hydrogen-bond donors (Lipinski definition) is 1. The maximum atomic E-state index is 13.5. The minimum Gasteiger partial charge on any atom is -0.481 e. The van der Waals surface area contributed by atoms with Crippen LogP contribution in [0.15, 0.2) is 60.7 Å². The van der Waals surface area contributed by atoms with Crippen LogP contribution >= 0.6 is 0 Å². The first-order chi connectivity index (χ1) is 12.0. The van der Waals surface area contributed by atoms with E-state index in [-0.39, 0.29) is 18.3 Å². The summed E-state index contributed by atoms with van der Waals surface area (Å²) < 4.78 is 20.8. The molecule has 25 heavy (non-hydrogen) atoms. The van der Waals surface area contributed by atoms with E-state index in [4.69, 9.17) is 4.74 Å². The molecular weight excluding hydrogens is 319 g/mol. The number of halogens is 1. The highest BCUT2D eigenvalue weighted by atomic mass is 19.1. The van der Waals surface area contributed by atoms with Crippen molar-refractivity contribution in [3.63, 3.8) is 0 Å². The molecule has 3 rings (SSSR count). The van der Waals surface area contributed by atoms with E-state index in [1.165, 1.54) is 12.1 Å². The Bertz CT molecular complexity index is 865. The second-order valence-corrected chi connectivity index (χ2v) is 5.77. The van der Waals surface area contributed by atoms with E-state index in [1.54, 1.807) is 12.1 Å². The average Bonchev–Trinajstić information content (AvgIpc) is 2.94. The molecule has 1 amide bonds. The highest BCUT2D eigenvalue weighted by Gasteiger charge is 2.08. The fraction of sp³-hybridized carbons (Fsp3) is 0.150. The highest BCUT2D eigenvalue weighted by Crippen LogP contribution is 2.19. The standard InChI is InChI=1S/C20H19FN2O2/c1-14-7-8-15(2)23(14)17-11-9-16(10-12-17)22-20(24)13-25-19-6-4-3-5-18(19)21/h3-12H,13H2,1-2H3,(H,22,24). The number of carbonyl (C=O) groups is 1. The Morgan fingerprint density at radius 2 is 1.64 bits per heavy atom. The van der Waals surface area contributed by atoms with E-state index in [0.717, 1.165) is 17.1 Å². The summed E-state index contributed by atoms with van der Waals surface area (Å²) in [5, 5.41) is 2.74. The lowest BCUT2D eigenvalue weighted by Gasteiger charge is -2.11. The van der Waals surface area contributed by atoms with Crippen molar-refractivity contribution in [1.29, 1.82) is 0 Å². The van der Waals surface area contributed by atoms with Crippen molar-refractivity contribution in [3.8, 4) is 11.4 Å². The van der Waals surface area contributed by atoms with E-state index in [0.29, 0.717) is 5.69 Å². The predicted octanol–water partition coefficient (Wildman–Crippen LogP) is 4.25. The number of benzene rings is 2. The third-order valence-electron chi connectivity index (χ3n) is 3.88. The first kappa shape index (κ1) is 16.8. The van der Waals surface area contributed by atoms with Crippen LogP contribution in [-0.4, -0.2) is 17.1 Å². The molecule has 0 spiro atoms.